The van der Waals surface area contributed by atoms with E-state index in [4.69, 9.17) is 9.72 Å². The van der Waals surface area contributed by atoms with E-state index in [1.54, 1.807) is 0 Å². The van der Waals surface area contributed by atoms with E-state index >= 15 is 0 Å². The van der Waals surface area contributed by atoms with Gasteiger partial charge >= 0.3 is 0 Å². The van der Waals surface area contributed by atoms with Crippen molar-refractivity contribution in [2.24, 2.45) is 0 Å². The fraction of sp³-hybridized carbons (Fsp3) is 0.438. The van der Waals surface area contributed by atoms with Crippen LogP contribution in [0.2, 0.25) is 0 Å². The number of thiazole rings is 1. The Bertz CT molecular complexity index is 633. The maximum absolute atomic E-state index is 5.77. The average molecular weight is 286 g/mol. The minimum Gasteiger partial charge on any atom is -0.492 e. The third kappa shape index (κ3) is 2.23. The molecule has 0 amide bonds. The number of hydrogen-bond donors (Lipinski definition) is 1. The molecule has 2 heterocycles. The van der Waals surface area contributed by atoms with Crippen LogP contribution in [0.4, 0.5) is 0 Å². The van der Waals surface area contributed by atoms with Gasteiger partial charge in [0, 0.05) is 23.0 Å². The lowest BCUT2D eigenvalue weighted by Crippen LogP contribution is -2.14. The van der Waals surface area contributed by atoms with Gasteiger partial charge in [0.05, 0.1) is 11.6 Å². The normalized spacial score (nSPS) is 20.8. The maximum atomic E-state index is 5.77. The first-order chi connectivity index (χ1) is 9.81. The van der Waals surface area contributed by atoms with E-state index in [0.717, 1.165) is 24.9 Å². The van der Waals surface area contributed by atoms with Crippen molar-refractivity contribution in [1.29, 1.82) is 0 Å². The third-order valence-electron chi connectivity index (χ3n) is 4.04. The predicted octanol–water partition coefficient (Wildman–Crippen LogP) is 3.23. The molecular formula is C16H18N2OS. The zero-order valence-electron chi connectivity index (χ0n) is 11.6. The Morgan fingerprint density at radius 3 is 3.05 bits per heavy atom. The second-order valence-electron chi connectivity index (χ2n) is 5.62. The van der Waals surface area contributed by atoms with Gasteiger partial charge in [0.15, 0.2) is 0 Å². The second-order valence-corrected chi connectivity index (χ2v) is 6.73. The highest BCUT2D eigenvalue weighted by Crippen LogP contribution is 2.39. The molecule has 1 aromatic carbocycles. The molecular weight excluding hydrogens is 268 g/mol. The number of fused-ring (bicyclic) bond motifs is 1. The van der Waals surface area contributed by atoms with E-state index in [9.17, 15) is 0 Å². The molecule has 104 valence electrons. The Labute approximate surface area is 123 Å². The van der Waals surface area contributed by atoms with Gasteiger partial charge in [-0.05, 0) is 25.8 Å². The van der Waals surface area contributed by atoms with Crippen LogP contribution < -0.4 is 10.1 Å². The fourth-order valence-electron chi connectivity index (χ4n) is 2.66. The highest BCUT2D eigenvalue weighted by molar-refractivity contribution is 7.11. The Morgan fingerprint density at radius 1 is 1.35 bits per heavy atom. The molecule has 1 unspecified atom stereocenters. The summed E-state index contributed by atoms with van der Waals surface area (Å²) in [6.07, 6.45) is 2.66. The third-order valence-corrected chi connectivity index (χ3v) is 5.31. The summed E-state index contributed by atoms with van der Waals surface area (Å²) in [5.74, 6) is 1.33. The van der Waals surface area contributed by atoms with Gasteiger partial charge in [0.1, 0.15) is 17.4 Å². The van der Waals surface area contributed by atoms with Gasteiger partial charge in [-0.25, -0.2) is 4.98 Å². The Balaban J connectivity index is 1.58. The highest BCUT2D eigenvalue weighted by atomic mass is 32.1. The van der Waals surface area contributed by atoms with Crippen molar-refractivity contribution in [3.63, 3.8) is 0 Å². The molecule has 4 rings (SSSR count). The number of benzene rings is 1. The summed E-state index contributed by atoms with van der Waals surface area (Å²) < 4.78 is 5.77. The lowest BCUT2D eigenvalue weighted by Gasteiger charge is -2.03. The molecule has 1 aromatic heterocycles. The van der Waals surface area contributed by atoms with Crippen LogP contribution in [0, 0.1) is 6.92 Å². The van der Waals surface area contributed by atoms with Crippen molar-refractivity contribution in [1.82, 2.24) is 10.3 Å². The van der Waals surface area contributed by atoms with Gasteiger partial charge in [-0.2, -0.15) is 0 Å². The first-order valence-electron chi connectivity index (χ1n) is 7.22. The molecule has 2 aliphatic rings. The van der Waals surface area contributed by atoms with Crippen LogP contribution in [0.25, 0.3) is 0 Å². The number of aromatic nitrogens is 1. The first-order valence-corrected chi connectivity index (χ1v) is 8.04. The minimum absolute atomic E-state index is 0.310. The lowest BCUT2D eigenvalue weighted by molar-refractivity contribution is 0.343. The zero-order valence-corrected chi connectivity index (χ0v) is 12.4. The van der Waals surface area contributed by atoms with Crippen molar-refractivity contribution in [3.05, 3.63) is 45.4 Å². The number of para-hydroxylation sites is 1. The SMILES string of the molecule is Cc1nc(C2COc3ccccc32)sc1CNC1CC1. The Hall–Kier alpha value is -1.39. The summed E-state index contributed by atoms with van der Waals surface area (Å²) in [5.41, 5.74) is 2.45. The molecule has 1 saturated carbocycles. The topological polar surface area (TPSA) is 34.1 Å². The van der Waals surface area contributed by atoms with Gasteiger partial charge in [-0.15, -0.1) is 11.3 Å². The average Bonchev–Trinajstić information content (AvgIpc) is 3.08. The van der Waals surface area contributed by atoms with Gasteiger partial charge < -0.3 is 10.1 Å². The van der Waals surface area contributed by atoms with E-state index in [2.05, 4.69) is 24.4 Å². The second kappa shape index (κ2) is 4.86. The molecule has 2 aromatic rings. The standard InChI is InChI=1S/C16H18N2OS/c1-10-15(8-17-11-6-7-11)20-16(18-10)13-9-19-14-5-3-2-4-12(13)14/h2-5,11,13,17H,6-9H2,1H3. The molecule has 4 heteroatoms. The van der Waals surface area contributed by atoms with Crippen molar-refractivity contribution < 1.29 is 4.74 Å². The number of aryl methyl sites for hydroxylation is 1. The summed E-state index contributed by atoms with van der Waals surface area (Å²) in [4.78, 5) is 6.16. The molecule has 0 saturated heterocycles. The van der Waals surface area contributed by atoms with Gasteiger partial charge in [0.25, 0.3) is 0 Å². The van der Waals surface area contributed by atoms with Crippen LogP contribution in [0.1, 0.15) is 39.9 Å². The summed E-state index contributed by atoms with van der Waals surface area (Å²) in [5, 5.41) is 4.77. The number of ether oxygens (including phenoxy) is 1. The highest BCUT2D eigenvalue weighted by Gasteiger charge is 2.28. The summed E-state index contributed by atoms with van der Waals surface area (Å²) in [7, 11) is 0. The van der Waals surface area contributed by atoms with Crippen molar-refractivity contribution in [3.8, 4) is 5.75 Å². The van der Waals surface area contributed by atoms with Crippen LogP contribution >= 0.6 is 11.3 Å². The molecule has 0 radical (unpaired) electrons. The summed E-state index contributed by atoms with van der Waals surface area (Å²) >= 11 is 1.84. The molecule has 1 aliphatic carbocycles. The molecule has 0 spiro atoms. The van der Waals surface area contributed by atoms with Crippen molar-refractivity contribution in [2.75, 3.05) is 6.61 Å². The van der Waals surface area contributed by atoms with Crippen LogP contribution in [0.3, 0.4) is 0 Å². The minimum atomic E-state index is 0.310. The van der Waals surface area contributed by atoms with Gasteiger partial charge in [0.2, 0.25) is 0 Å². The first kappa shape index (κ1) is 12.4. The van der Waals surface area contributed by atoms with Crippen molar-refractivity contribution in [2.45, 2.75) is 38.3 Å². The van der Waals surface area contributed by atoms with E-state index in [1.807, 2.05) is 23.5 Å². The monoisotopic (exact) mass is 286 g/mol. The maximum Gasteiger partial charge on any atom is 0.123 e. The predicted molar refractivity (Wildman–Crippen MR) is 80.5 cm³/mol. The van der Waals surface area contributed by atoms with Crippen LogP contribution in [0.15, 0.2) is 24.3 Å². The molecule has 1 N–H and O–H groups in total. The van der Waals surface area contributed by atoms with E-state index < -0.39 is 0 Å². The summed E-state index contributed by atoms with van der Waals surface area (Å²) in [6.45, 7) is 3.80. The summed E-state index contributed by atoms with van der Waals surface area (Å²) in [6, 6.07) is 9.06. The lowest BCUT2D eigenvalue weighted by atomic mass is 10.0. The molecule has 20 heavy (non-hydrogen) atoms. The molecule has 1 aliphatic heterocycles. The molecule has 1 atom stereocenters. The Kier molecular flexibility index (Phi) is 3.00. The fourth-order valence-corrected chi connectivity index (χ4v) is 3.78. The van der Waals surface area contributed by atoms with Crippen LogP contribution in [0.5, 0.6) is 5.75 Å². The van der Waals surface area contributed by atoms with E-state index in [0.29, 0.717) is 5.92 Å². The number of hydrogen-bond acceptors (Lipinski definition) is 4. The Morgan fingerprint density at radius 2 is 2.20 bits per heavy atom. The number of nitrogens with zero attached hydrogens (tertiary/aromatic N) is 1. The van der Waals surface area contributed by atoms with Crippen LogP contribution in [-0.2, 0) is 6.54 Å². The number of nitrogens with one attached hydrogen (secondary N) is 1. The zero-order chi connectivity index (χ0) is 13.5. The van der Waals surface area contributed by atoms with Gasteiger partial charge in [-0.1, -0.05) is 18.2 Å². The quantitative estimate of drug-likeness (QED) is 0.937. The van der Waals surface area contributed by atoms with E-state index in [1.165, 1.54) is 34.0 Å². The molecule has 1 fully saturated rings. The molecule has 3 nitrogen and oxygen atoms in total. The van der Waals surface area contributed by atoms with Gasteiger partial charge in [-0.3, -0.25) is 0 Å². The van der Waals surface area contributed by atoms with Crippen LogP contribution in [-0.4, -0.2) is 17.6 Å². The van der Waals surface area contributed by atoms with Crippen molar-refractivity contribution >= 4 is 11.3 Å². The van der Waals surface area contributed by atoms with E-state index in [-0.39, 0.29) is 0 Å². The smallest absolute Gasteiger partial charge is 0.123 e. The number of rotatable bonds is 4. The molecule has 0 bridgehead atoms. The largest absolute Gasteiger partial charge is 0.492 e.